The van der Waals surface area contributed by atoms with Gasteiger partial charge in [-0.1, -0.05) is 0 Å². The highest BCUT2D eigenvalue weighted by molar-refractivity contribution is 6.04. The summed E-state index contributed by atoms with van der Waals surface area (Å²) in [5.41, 5.74) is -0.0601. The lowest BCUT2D eigenvalue weighted by Crippen LogP contribution is -2.42. The van der Waals surface area contributed by atoms with Crippen molar-refractivity contribution in [2.24, 2.45) is 0 Å². The number of hydrogen-bond donors (Lipinski definition) is 0. The molecule has 0 N–H and O–H groups in total. The minimum atomic E-state index is -0.564. The van der Waals surface area contributed by atoms with Crippen molar-refractivity contribution in [2.75, 3.05) is 6.54 Å². The van der Waals surface area contributed by atoms with Crippen molar-refractivity contribution in [1.29, 1.82) is 0 Å². The standard InChI is InChI=1S/C15H23NO4/c1-6-16(14(19)20-15(3,4)5)12-8-11(7-10(2)17)13(18)9-12/h7,12H,6,8-9H2,1-5H3/b11-7+. The first-order valence-corrected chi connectivity index (χ1v) is 6.88. The summed E-state index contributed by atoms with van der Waals surface area (Å²) in [6, 6.07) is -0.215. The highest BCUT2D eigenvalue weighted by atomic mass is 16.6. The lowest BCUT2D eigenvalue weighted by Gasteiger charge is -2.30. The minimum Gasteiger partial charge on any atom is -0.444 e. The van der Waals surface area contributed by atoms with E-state index in [9.17, 15) is 14.4 Å². The summed E-state index contributed by atoms with van der Waals surface area (Å²) in [7, 11) is 0. The molecule has 0 aliphatic heterocycles. The quantitative estimate of drug-likeness (QED) is 0.746. The maximum atomic E-state index is 12.1. The van der Waals surface area contributed by atoms with Crippen LogP contribution in [0.2, 0.25) is 0 Å². The first-order chi connectivity index (χ1) is 9.14. The molecule has 0 spiro atoms. The molecule has 5 heteroatoms. The Hall–Kier alpha value is -1.65. The second kappa shape index (κ2) is 6.20. The first kappa shape index (κ1) is 16.4. The molecule has 1 amide bonds. The van der Waals surface area contributed by atoms with Crippen LogP contribution in [-0.4, -0.2) is 40.7 Å². The molecule has 0 aromatic rings. The molecule has 0 aromatic carbocycles. The molecule has 20 heavy (non-hydrogen) atoms. The highest BCUT2D eigenvalue weighted by Crippen LogP contribution is 2.27. The number of allylic oxidation sites excluding steroid dienone is 1. The van der Waals surface area contributed by atoms with E-state index in [1.54, 1.807) is 25.7 Å². The zero-order valence-electron chi connectivity index (χ0n) is 12.9. The molecule has 1 saturated carbocycles. The van der Waals surface area contributed by atoms with Gasteiger partial charge >= 0.3 is 6.09 Å². The van der Waals surface area contributed by atoms with Crippen molar-refractivity contribution in [1.82, 2.24) is 4.90 Å². The summed E-state index contributed by atoms with van der Waals surface area (Å²) in [5.74, 6) is -0.207. The summed E-state index contributed by atoms with van der Waals surface area (Å²) in [5, 5.41) is 0. The lowest BCUT2D eigenvalue weighted by atomic mass is 10.1. The number of carbonyl (C=O) groups excluding carboxylic acids is 3. The van der Waals surface area contributed by atoms with Crippen LogP contribution in [0.15, 0.2) is 11.6 Å². The van der Waals surface area contributed by atoms with E-state index >= 15 is 0 Å². The van der Waals surface area contributed by atoms with Crippen LogP contribution in [0, 0.1) is 0 Å². The summed E-state index contributed by atoms with van der Waals surface area (Å²) >= 11 is 0. The number of nitrogens with zero attached hydrogens (tertiary/aromatic N) is 1. The van der Waals surface area contributed by atoms with Gasteiger partial charge in [0.2, 0.25) is 0 Å². The number of Topliss-reactive ketones (excluding diaryl/α,β-unsaturated/α-hetero) is 1. The van der Waals surface area contributed by atoms with Crippen molar-refractivity contribution in [3.05, 3.63) is 11.6 Å². The van der Waals surface area contributed by atoms with E-state index in [1.807, 2.05) is 6.92 Å². The molecule has 5 nitrogen and oxygen atoms in total. The Bertz CT molecular complexity index is 445. The van der Waals surface area contributed by atoms with E-state index in [0.717, 1.165) is 0 Å². The van der Waals surface area contributed by atoms with Gasteiger partial charge in [0.05, 0.1) is 0 Å². The van der Waals surface area contributed by atoms with Gasteiger partial charge in [-0.2, -0.15) is 0 Å². The topological polar surface area (TPSA) is 63.7 Å². The van der Waals surface area contributed by atoms with Crippen LogP contribution in [0.1, 0.15) is 47.5 Å². The smallest absolute Gasteiger partial charge is 0.410 e. The molecule has 1 rings (SSSR count). The van der Waals surface area contributed by atoms with Crippen LogP contribution in [0.3, 0.4) is 0 Å². The molecule has 0 heterocycles. The summed E-state index contributed by atoms with van der Waals surface area (Å²) in [4.78, 5) is 36.6. The zero-order valence-corrected chi connectivity index (χ0v) is 12.9. The average Bonchev–Trinajstić information content (AvgIpc) is 2.57. The Morgan fingerprint density at radius 3 is 2.40 bits per heavy atom. The SMILES string of the molecule is CCN(C(=O)OC(C)(C)C)C1CC(=O)/C(=C/C(C)=O)C1. The van der Waals surface area contributed by atoms with Gasteiger partial charge < -0.3 is 9.64 Å². The second-order valence-corrected chi connectivity index (χ2v) is 6.03. The molecule has 0 radical (unpaired) electrons. The van der Waals surface area contributed by atoms with E-state index in [-0.39, 0.29) is 24.0 Å². The third kappa shape index (κ3) is 4.47. The number of rotatable bonds is 3. The monoisotopic (exact) mass is 281 g/mol. The van der Waals surface area contributed by atoms with Crippen molar-refractivity contribution in [3.63, 3.8) is 0 Å². The summed E-state index contributed by atoms with van der Waals surface area (Å²) in [6.45, 7) is 9.15. The van der Waals surface area contributed by atoms with Crippen LogP contribution in [0.5, 0.6) is 0 Å². The number of hydrogen-bond acceptors (Lipinski definition) is 4. The zero-order chi connectivity index (χ0) is 15.5. The largest absolute Gasteiger partial charge is 0.444 e. The molecular formula is C15H23NO4. The fourth-order valence-corrected chi connectivity index (χ4v) is 2.25. The maximum Gasteiger partial charge on any atom is 0.410 e. The Morgan fingerprint density at radius 1 is 1.35 bits per heavy atom. The lowest BCUT2D eigenvalue weighted by molar-refractivity contribution is -0.116. The van der Waals surface area contributed by atoms with Crippen molar-refractivity contribution >= 4 is 17.7 Å². The molecule has 0 saturated heterocycles. The van der Waals surface area contributed by atoms with E-state index in [4.69, 9.17) is 4.74 Å². The van der Waals surface area contributed by atoms with Crippen LogP contribution < -0.4 is 0 Å². The molecule has 1 aliphatic rings. The summed E-state index contributed by atoms with van der Waals surface area (Å²) in [6.07, 6.45) is 1.63. The third-order valence-electron chi connectivity index (χ3n) is 3.02. The van der Waals surface area contributed by atoms with E-state index in [1.165, 1.54) is 13.0 Å². The van der Waals surface area contributed by atoms with Gasteiger partial charge in [-0.05, 0) is 47.1 Å². The predicted octanol–water partition coefficient (Wildman–Crippen LogP) is 2.49. The third-order valence-corrected chi connectivity index (χ3v) is 3.02. The first-order valence-electron chi connectivity index (χ1n) is 6.88. The molecule has 112 valence electrons. The fraction of sp³-hybridized carbons (Fsp3) is 0.667. The normalized spacial score (nSPS) is 21.1. The Morgan fingerprint density at radius 2 is 1.95 bits per heavy atom. The van der Waals surface area contributed by atoms with Gasteiger partial charge in [0.15, 0.2) is 11.6 Å². The number of ketones is 2. The van der Waals surface area contributed by atoms with Crippen LogP contribution >= 0.6 is 0 Å². The number of amides is 1. The number of carbonyl (C=O) groups is 3. The number of ether oxygens (including phenoxy) is 1. The average molecular weight is 281 g/mol. The van der Waals surface area contributed by atoms with Gasteiger partial charge in [-0.3, -0.25) is 9.59 Å². The van der Waals surface area contributed by atoms with Gasteiger partial charge in [-0.25, -0.2) is 4.79 Å². The summed E-state index contributed by atoms with van der Waals surface area (Å²) < 4.78 is 5.34. The molecule has 1 fully saturated rings. The van der Waals surface area contributed by atoms with Crippen LogP contribution in [-0.2, 0) is 14.3 Å². The predicted molar refractivity (Wildman–Crippen MR) is 75.4 cm³/mol. The Labute approximate surface area is 120 Å². The fourth-order valence-electron chi connectivity index (χ4n) is 2.25. The van der Waals surface area contributed by atoms with Crippen LogP contribution in [0.4, 0.5) is 4.79 Å². The highest BCUT2D eigenvalue weighted by Gasteiger charge is 2.35. The maximum absolute atomic E-state index is 12.1. The van der Waals surface area contributed by atoms with E-state index in [0.29, 0.717) is 18.5 Å². The van der Waals surface area contributed by atoms with Gasteiger partial charge in [0, 0.05) is 24.6 Å². The molecular weight excluding hydrogens is 258 g/mol. The Balaban J connectivity index is 2.81. The van der Waals surface area contributed by atoms with Crippen molar-refractivity contribution < 1.29 is 19.1 Å². The van der Waals surface area contributed by atoms with Gasteiger partial charge in [0.1, 0.15) is 5.60 Å². The molecule has 1 aliphatic carbocycles. The van der Waals surface area contributed by atoms with E-state index in [2.05, 4.69) is 0 Å². The van der Waals surface area contributed by atoms with Crippen molar-refractivity contribution in [2.45, 2.75) is 59.1 Å². The molecule has 0 aromatic heterocycles. The van der Waals surface area contributed by atoms with E-state index < -0.39 is 11.7 Å². The minimum absolute atomic E-state index is 0.0628. The molecule has 0 bridgehead atoms. The van der Waals surface area contributed by atoms with Crippen LogP contribution in [0.25, 0.3) is 0 Å². The second-order valence-electron chi connectivity index (χ2n) is 6.03. The molecule has 1 unspecified atom stereocenters. The van der Waals surface area contributed by atoms with Crippen molar-refractivity contribution in [3.8, 4) is 0 Å². The van der Waals surface area contributed by atoms with Gasteiger partial charge in [0.25, 0.3) is 0 Å². The van der Waals surface area contributed by atoms with Gasteiger partial charge in [-0.15, -0.1) is 0 Å². The molecule has 1 atom stereocenters. The Kier molecular flexibility index (Phi) is 5.09.